The van der Waals surface area contributed by atoms with Crippen molar-refractivity contribution in [3.05, 3.63) is 34.9 Å². The summed E-state index contributed by atoms with van der Waals surface area (Å²) < 4.78 is 22.1. The normalized spacial score (nSPS) is 13.2. The van der Waals surface area contributed by atoms with Crippen molar-refractivity contribution in [2.24, 2.45) is 5.92 Å². The van der Waals surface area contributed by atoms with Gasteiger partial charge in [-0.1, -0.05) is 23.7 Å². The number of halogens is 1. The minimum Gasteiger partial charge on any atom is -0.481 e. The maximum atomic E-state index is 11.1. The Morgan fingerprint density at radius 1 is 1.33 bits per heavy atom. The Morgan fingerprint density at radius 2 is 1.89 bits per heavy atom. The Bertz CT molecular complexity index is 507. The maximum Gasteiger partial charge on any atom is 0.306 e. The summed E-state index contributed by atoms with van der Waals surface area (Å²) in [4.78, 5) is 11.1. The average molecular weight is 291 g/mol. The molecule has 0 radical (unpaired) electrons. The molecular weight excluding hydrogens is 276 g/mol. The van der Waals surface area contributed by atoms with E-state index in [1.165, 1.54) is 0 Å². The molecule has 0 aliphatic rings. The lowest BCUT2D eigenvalue weighted by Gasteiger charge is -2.11. The molecule has 0 heterocycles. The fraction of sp³-hybridized carbons (Fsp3) is 0.417. The van der Waals surface area contributed by atoms with Crippen molar-refractivity contribution in [3.8, 4) is 0 Å². The highest BCUT2D eigenvalue weighted by Crippen LogP contribution is 2.16. The lowest BCUT2D eigenvalue weighted by atomic mass is 9.97. The van der Waals surface area contributed by atoms with Gasteiger partial charge in [-0.15, -0.1) is 0 Å². The van der Waals surface area contributed by atoms with Gasteiger partial charge in [0.05, 0.1) is 11.7 Å². The van der Waals surface area contributed by atoms with E-state index in [0.29, 0.717) is 11.4 Å². The molecule has 4 nitrogen and oxygen atoms in total. The van der Waals surface area contributed by atoms with Gasteiger partial charge >= 0.3 is 5.97 Å². The first kappa shape index (κ1) is 15.0. The van der Waals surface area contributed by atoms with Crippen molar-refractivity contribution >= 4 is 27.4 Å². The van der Waals surface area contributed by atoms with Crippen LogP contribution in [0.2, 0.25) is 5.02 Å². The third-order valence-corrected chi connectivity index (χ3v) is 3.81. The summed E-state index contributed by atoms with van der Waals surface area (Å²) in [6, 6.07) is 6.87. The standard InChI is InChI=1S/C12H15ClO4S/c1-18(16,17)7-6-10(12(14)15)8-9-2-4-11(13)5-3-9/h2-5,10H,6-8H2,1H3,(H,14,15). The number of carboxylic acids is 1. The van der Waals surface area contributed by atoms with Crippen LogP contribution >= 0.6 is 11.6 Å². The van der Waals surface area contributed by atoms with Crippen LogP contribution in [-0.4, -0.2) is 31.5 Å². The van der Waals surface area contributed by atoms with Crippen LogP contribution in [0.25, 0.3) is 0 Å². The van der Waals surface area contributed by atoms with E-state index in [4.69, 9.17) is 16.7 Å². The topological polar surface area (TPSA) is 71.4 Å². The molecule has 1 N–H and O–H groups in total. The third-order valence-electron chi connectivity index (χ3n) is 2.58. The molecule has 1 aromatic rings. The third kappa shape index (κ3) is 5.51. The number of hydrogen-bond acceptors (Lipinski definition) is 3. The summed E-state index contributed by atoms with van der Waals surface area (Å²) in [5.74, 6) is -1.79. The second-order valence-electron chi connectivity index (χ2n) is 4.28. The molecule has 0 aromatic heterocycles. The van der Waals surface area contributed by atoms with Crippen LogP contribution in [-0.2, 0) is 21.1 Å². The molecule has 1 rings (SSSR count). The number of carbonyl (C=O) groups is 1. The predicted molar refractivity (Wildman–Crippen MR) is 70.6 cm³/mol. The summed E-state index contributed by atoms with van der Waals surface area (Å²) >= 11 is 5.74. The van der Waals surface area contributed by atoms with E-state index in [9.17, 15) is 13.2 Å². The highest BCUT2D eigenvalue weighted by atomic mass is 35.5. The van der Waals surface area contributed by atoms with Crippen LogP contribution < -0.4 is 0 Å². The maximum absolute atomic E-state index is 11.1. The molecule has 1 atom stereocenters. The van der Waals surface area contributed by atoms with Crippen molar-refractivity contribution in [3.63, 3.8) is 0 Å². The van der Waals surface area contributed by atoms with E-state index in [-0.39, 0.29) is 12.2 Å². The van der Waals surface area contributed by atoms with Crippen LogP contribution in [0.4, 0.5) is 0 Å². The van der Waals surface area contributed by atoms with Crippen LogP contribution in [0.15, 0.2) is 24.3 Å². The van der Waals surface area contributed by atoms with Gasteiger partial charge in [0, 0.05) is 11.3 Å². The molecule has 18 heavy (non-hydrogen) atoms. The van der Waals surface area contributed by atoms with Crippen molar-refractivity contribution in [1.82, 2.24) is 0 Å². The molecule has 0 spiro atoms. The number of sulfone groups is 1. The van der Waals surface area contributed by atoms with E-state index < -0.39 is 21.7 Å². The van der Waals surface area contributed by atoms with Gasteiger partial charge in [0.15, 0.2) is 0 Å². The van der Waals surface area contributed by atoms with E-state index in [0.717, 1.165) is 11.8 Å². The molecule has 0 bridgehead atoms. The fourth-order valence-electron chi connectivity index (χ4n) is 1.57. The van der Waals surface area contributed by atoms with Crippen molar-refractivity contribution in [1.29, 1.82) is 0 Å². The first-order valence-corrected chi connectivity index (χ1v) is 7.87. The summed E-state index contributed by atoms with van der Waals surface area (Å²) in [5.41, 5.74) is 0.834. The van der Waals surface area contributed by atoms with E-state index in [1.807, 2.05) is 0 Å². The summed E-state index contributed by atoms with van der Waals surface area (Å²) in [5, 5.41) is 9.65. The monoisotopic (exact) mass is 290 g/mol. The zero-order chi connectivity index (χ0) is 13.8. The number of carboxylic acid groups (broad SMARTS) is 1. The highest BCUT2D eigenvalue weighted by Gasteiger charge is 2.19. The van der Waals surface area contributed by atoms with Gasteiger partial charge in [-0.05, 0) is 30.5 Å². The molecule has 0 aliphatic carbocycles. The number of aliphatic carboxylic acids is 1. The molecular formula is C12H15ClO4S. The largest absolute Gasteiger partial charge is 0.481 e. The lowest BCUT2D eigenvalue weighted by molar-refractivity contribution is -0.141. The minimum absolute atomic E-state index is 0.114. The Balaban J connectivity index is 2.69. The van der Waals surface area contributed by atoms with Crippen molar-refractivity contribution in [2.45, 2.75) is 12.8 Å². The zero-order valence-corrected chi connectivity index (χ0v) is 11.5. The van der Waals surface area contributed by atoms with Crippen molar-refractivity contribution in [2.75, 3.05) is 12.0 Å². The van der Waals surface area contributed by atoms with Gasteiger partial charge in [0.2, 0.25) is 0 Å². The lowest BCUT2D eigenvalue weighted by Crippen LogP contribution is -2.20. The Labute approximate surface area is 112 Å². The van der Waals surface area contributed by atoms with Crippen LogP contribution in [0.1, 0.15) is 12.0 Å². The van der Waals surface area contributed by atoms with E-state index in [2.05, 4.69) is 0 Å². The summed E-state index contributed by atoms with van der Waals surface area (Å²) in [6.07, 6.45) is 1.53. The molecule has 1 aromatic carbocycles. The van der Waals surface area contributed by atoms with Crippen LogP contribution in [0, 0.1) is 5.92 Å². The smallest absolute Gasteiger partial charge is 0.306 e. The van der Waals surface area contributed by atoms with Crippen molar-refractivity contribution < 1.29 is 18.3 Å². The molecule has 0 amide bonds. The molecule has 100 valence electrons. The van der Waals surface area contributed by atoms with Crippen LogP contribution in [0.5, 0.6) is 0 Å². The zero-order valence-electron chi connectivity index (χ0n) is 9.97. The number of rotatable bonds is 6. The SMILES string of the molecule is CS(=O)(=O)CCC(Cc1ccc(Cl)cc1)C(=O)O. The van der Waals surface area contributed by atoms with E-state index in [1.54, 1.807) is 24.3 Å². The Hall–Kier alpha value is -1.07. The van der Waals surface area contributed by atoms with Gasteiger partial charge < -0.3 is 5.11 Å². The number of benzene rings is 1. The second kappa shape index (κ2) is 6.20. The summed E-state index contributed by atoms with van der Waals surface area (Å²) in [7, 11) is -3.14. The quantitative estimate of drug-likeness (QED) is 0.870. The van der Waals surface area contributed by atoms with Gasteiger partial charge in [0.1, 0.15) is 9.84 Å². The summed E-state index contributed by atoms with van der Waals surface area (Å²) in [6.45, 7) is 0. The minimum atomic E-state index is -3.14. The molecule has 0 aliphatic heterocycles. The first-order valence-electron chi connectivity index (χ1n) is 5.43. The molecule has 0 saturated carbocycles. The Morgan fingerprint density at radius 3 is 2.33 bits per heavy atom. The van der Waals surface area contributed by atoms with Gasteiger partial charge in [-0.25, -0.2) is 8.42 Å². The Kier molecular flexibility index (Phi) is 5.16. The molecule has 0 saturated heterocycles. The second-order valence-corrected chi connectivity index (χ2v) is 6.98. The number of hydrogen-bond donors (Lipinski definition) is 1. The van der Waals surface area contributed by atoms with E-state index >= 15 is 0 Å². The first-order chi connectivity index (χ1) is 8.28. The highest BCUT2D eigenvalue weighted by molar-refractivity contribution is 7.90. The van der Waals surface area contributed by atoms with Crippen LogP contribution in [0.3, 0.4) is 0 Å². The van der Waals surface area contributed by atoms with Gasteiger partial charge in [0.25, 0.3) is 0 Å². The average Bonchev–Trinajstić information content (AvgIpc) is 2.25. The molecule has 1 unspecified atom stereocenters. The van der Waals surface area contributed by atoms with Gasteiger partial charge in [-0.3, -0.25) is 4.79 Å². The molecule has 6 heteroatoms. The van der Waals surface area contributed by atoms with Gasteiger partial charge in [-0.2, -0.15) is 0 Å². The molecule has 0 fully saturated rings. The fourth-order valence-corrected chi connectivity index (χ4v) is 2.41. The predicted octanol–water partition coefficient (Wildman–Crippen LogP) is 2.02.